The van der Waals surface area contributed by atoms with Gasteiger partial charge in [-0.05, 0) is 67.3 Å². The summed E-state index contributed by atoms with van der Waals surface area (Å²) in [6.45, 7) is 0. The molecule has 2 aromatic carbocycles. The lowest BCUT2D eigenvalue weighted by molar-refractivity contribution is -0.117. The van der Waals surface area contributed by atoms with Crippen LogP contribution in [0.3, 0.4) is 0 Å². The Bertz CT molecular complexity index is 1280. The van der Waals surface area contributed by atoms with Gasteiger partial charge in [0.2, 0.25) is 11.8 Å². The number of ether oxygens (including phenoxy) is 1. The summed E-state index contributed by atoms with van der Waals surface area (Å²) in [4.78, 5) is 39.6. The molecule has 1 saturated carbocycles. The first kappa shape index (κ1) is 24.6. The summed E-state index contributed by atoms with van der Waals surface area (Å²) in [7, 11) is 1.37. The minimum absolute atomic E-state index is 0.0569. The molecule has 1 heterocycles. The number of hydrogen-bond acceptors (Lipinski definition) is 6. The molecule has 1 unspecified atom stereocenters. The van der Waals surface area contributed by atoms with Crippen molar-refractivity contribution in [2.24, 2.45) is 5.92 Å². The van der Waals surface area contributed by atoms with Crippen molar-refractivity contribution in [1.82, 2.24) is 0 Å². The summed E-state index contributed by atoms with van der Waals surface area (Å²) in [5, 5.41) is 6.47. The number of carbonyl (C=O) groups excluding carboxylic acids is 3. The highest BCUT2D eigenvalue weighted by atomic mass is 32.2. The van der Waals surface area contributed by atoms with Gasteiger partial charge in [0.25, 0.3) is 0 Å². The zero-order chi connectivity index (χ0) is 25.1. The number of thioether (sulfide) groups is 1. The number of fused-ring (bicyclic) bond motifs is 1. The largest absolute Gasteiger partial charge is 0.465 e. The number of benzene rings is 2. The van der Waals surface area contributed by atoms with E-state index in [2.05, 4.69) is 34.9 Å². The van der Waals surface area contributed by atoms with Crippen LogP contribution in [0, 0.1) is 5.92 Å². The maximum Gasteiger partial charge on any atom is 0.341 e. The summed E-state index contributed by atoms with van der Waals surface area (Å²) in [5.41, 5.74) is 3.53. The van der Waals surface area contributed by atoms with E-state index in [0.717, 1.165) is 53.1 Å². The van der Waals surface area contributed by atoms with Crippen molar-refractivity contribution in [2.75, 3.05) is 23.5 Å². The summed E-state index contributed by atoms with van der Waals surface area (Å²) in [5.74, 6) is 0.186. The van der Waals surface area contributed by atoms with Crippen molar-refractivity contribution in [3.63, 3.8) is 0 Å². The van der Waals surface area contributed by atoms with E-state index >= 15 is 0 Å². The van der Waals surface area contributed by atoms with Gasteiger partial charge in [0.05, 0.1) is 18.4 Å². The summed E-state index contributed by atoms with van der Waals surface area (Å²) in [6, 6.07) is 17.9. The fourth-order valence-corrected chi connectivity index (χ4v) is 6.65. The molecule has 2 N–H and O–H groups in total. The van der Waals surface area contributed by atoms with E-state index in [4.69, 9.17) is 4.74 Å². The molecule has 186 valence electrons. The monoisotopic (exact) mass is 520 g/mol. The maximum absolute atomic E-state index is 12.9. The van der Waals surface area contributed by atoms with Crippen molar-refractivity contribution in [3.05, 3.63) is 76.2 Å². The van der Waals surface area contributed by atoms with Crippen LogP contribution in [0.5, 0.6) is 0 Å². The van der Waals surface area contributed by atoms with Crippen molar-refractivity contribution < 1.29 is 19.1 Å². The van der Waals surface area contributed by atoms with Gasteiger partial charge in [-0.2, -0.15) is 0 Å². The van der Waals surface area contributed by atoms with Crippen molar-refractivity contribution in [1.29, 1.82) is 0 Å². The van der Waals surface area contributed by atoms with Gasteiger partial charge in [0.1, 0.15) is 5.00 Å². The van der Waals surface area contributed by atoms with E-state index < -0.39 is 5.97 Å². The van der Waals surface area contributed by atoms with Crippen LogP contribution in [-0.2, 0) is 27.2 Å². The predicted octanol–water partition coefficient (Wildman–Crippen LogP) is 5.89. The number of carbonyl (C=O) groups is 3. The first-order chi connectivity index (χ1) is 17.5. The van der Waals surface area contributed by atoms with E-state index in [9.17, 15) is 14.4 Å². The zero-order valence-electron chi connectivity index (χ0n) is 20.0. The molecule has 36 heavy (non-hydrogen) atoms. The second kappa shape index (κ2) is 10.9. The molecule has 0 spiro atoms. The van der Waals surface area contributed by atoms with Crippen LogP contribution < -0.4 is 10.6 Å². The third kappa shape index (κ3) is 5.65. The average Bonchev–Trinajstić information content (AvgIpc) is 3.69. The summed E-state index contributed by atoms with van der Waals surface area (Å²) < 4.78 is 5.07. The average molecular weight is 521 g/mol. The minimum Gasteiger partial charge on any atom is -0.465 e. The molecule has 2 aliphatic carbocycles. The molecule has 0 aliphatic heterocycles. The summed E-state index contributed by atoms with van der Waals surface area (Å²) in [6.07, 6.45) is 4.48. The normalized spacial score (nSPS) is 16.6. The highest BCUT2D eigenvalue weighted by Gasteiger charge is 2.31. The molecule has 1 fully saturated rings. The van der Waals surface area contributed by atoms with E-state index in [-0.39, 0.29) is 23.5 Å². The summed E-state index contributed by atoms with van der Waals surface area (Å²) >= 11 is 2.87. The smallest absolute Gasteiger partial charge is 0.341 e. The molecule has 5 rings (SSSR count). The van der Waals surface area contributed by atoms with Gasteiger partial charge in [0, 0.05) is 21.4 Å². The molecular weight excluding hydrogens is 492 g/mol. The Morgan fingerprint density at radius 1 is 1.03 bits per heavy atom. The predicted molar refractivity (Wildman–Crippen MR) is 144 cm³/mol. The van der Waals surface area contributed by atoms with Gasteiger partial charge < -0.3 is 15.4 Å². The molecule has 0 radical (unpaired) electrons. The standard InChI is InChI=1S/C28H28N2O4S2/c1-34-28(33)25-22-13-12-19(17-6-3-2-4-7-17)14-23(22)36-27(25)30-24(31)16-35-21-9-5-8-20(15-21)29-26(32)18-10-11-18/h2-9,15,18-19H,10-14,16H2,1H3,(H,29,32)(H,30,31). The first-order valence-corrected chi connectivity index (χ1v) is 13.9. The van der Waals surface area contributed by atoms with Gasteiger partial charge >= 0.3 is 5.97 Å². The van der Waals surface area contributed by atoms with Crippen LogP contribution in [0.15, 0.2) is 59.5 Å². The zero-order valence-corrected chi connectivity index (χ0v) is 21.7. The number of rotatable bonds is 8. The van der Waals surface area contributed by atoms with Gasteiger partial charge in [-0.1, -0.05) is 36.4 Å². The lowest BCUT2D eigenvalue weighted by atomic mass is 9.83. The Labute approximate surface area is 218 Å². The van der Waals surface area contributed by atoms with Crippen LogP contribution in [0.2, 0.25) is 0 Å². The van der Waals surface area contributed by atoms with Gasteiger partial charge in [-0.15, -0.1) is 23.1 Å². The molecule has 6 nitrogen and oxygen atoms in total. The molecule has 0 saturated heterocycles. The van der Waals surface area contributed by atoms with Crippen molar-refractivity contribution in [3.8, 4) is 0 Å². The lowest BCUT2D eigenvalue weighted by Crippen LogP contribution is -2.17. The third-order valence-corrected chi connectivity index (χ3v) is 8.76. The number of thiophene rings is 1. The van der Waals surface area contributed by atoms with Gasteiger partial charge in [0.15, 0.2) is 0 Å². The highest BCUT2D eigenvalue weighted by molar-refractivity contribution is 8.00. The SMILES string of the molecule is COC(=O)c1c(NC(=O)CSc2cccc(NC(=O)C3CC3)c2)sc2c1CCC(c1ccccc1)C2. The number of amides is 2. The Morgan fingerprint density at radius 2 is 1.83 bits per heavy atom. The Kier molecular flexibility index (Phi) is 7.43. The molecule has 3 aromatic rings. The fraction of sp³-hybridized carbons (Fsp3) is 0.321. The van der Waals surface area contributed by atoms with Gasteiger partial charge in [-0.25, -0.2) is 4.79 Å². The van der Waals surface area contributed by atoms with Crippen LogP contribution in [0.25, 0.3) is 0 Å². The number of hydrogen-bond donors (Lipinski definition) is 2. The van der Waals surface area contributed by atoms with E-state index in [1.807, 2.05) is 30.3 Å². The molecule has 2 amide bonds. The quantitative estimate of drug-likeness (QED) is 0.286. The minimum atomic E-state index is -0.410. The lowest BCUT2D eigenvalue weighted by Gasteiger charge is -2.22. The number of methoxy groups -OCH3 is 1. The second-order valence-electron chi connectivity index (χ2n) is 9.18. The second-order valence-corrected chi connectivity index (χ2v) is 11.3. The topological polar surface area (TPSA) is 84.5 Å². The fourth-order valence-electron chi connectivity index (χ4n) is 4.57. The van der Waals surface area contributed by atoms with Crippen molar-refractivity contribution in [2.45, 2.75) is 42.9 Å². The molecule has 8 heteroatoms. The van der Waals surface area contributed by atoms with Crippen LogP contribution >= 0.6 is 23.1 Å². The first-order valence-electron chi connectivity index (χ1n) is 12.1. The molecule has 1 atom stereocenters. The van der Waals surface area contributed by atoms with E-state index in [1.165, 1.54) is 35.8 Å². The molecular formula is C28H28N2O4S2. The van der Waals surface area contributed by atoms with Crippen LogP contribution in [0.4, 0.5) is 10.7 Å². The van der Waals surface area contributed by atoms with E-state index in [1.54, 1.807) is 0 Å². The molecule has 2 aliphatic rings. The van der Waals surface area contributed by atoms with Crippen molar-refractivity contribution >= 4 is 51.6 Å². The molecule has 0 bridgehead atoms. The number of nitrogens with one attached hydrogen (secondary N) is 2. The Hall–Kier alpha value is -3.10. The van der Waals surface area contributed by atoms with Crippen LogP contribution in [-0.4, -0.2) is 30.6 Å². The van der Waals surface area contributed by atoms with Crippen LogP contribution in [0.1, 0.15) is 51.5 Å². The molecule has 1 aromatic heterocycles. The number of esters is 1. The van der Waals surface area contributed by atoms with Gasteiger partial charge in [-0.3, -0.25) is 9.59 Å². The van der Waals surface area contributed by atoms with E-state index in [0.29, 0.717) is 16.5 Å². The Morgan fingerprint density at radius 3 is 2.58 bits per heavy atom. The number of anilines is 2. The Balaban J connectivity index is 1.26. The maximum atomic E-state index is 12.9. The third-order valence-electron chi connectivity index (χ3n) is 6.60. The highest BCUT2D eigenvalue weighted by Crippen LogP contribution is 2.43.